The smallest absolute Gasteiger partial charge is 0.240 e. The summed E-state index contributed by atoms with van der Waals surface area (Å²) in [6, 6.07) is 11.4. The first-order valence-corrected chi connectivity index (χ1v) is 9.31. The van der Waals surface area contributed by atoms with E-state index in [1.165, 1.54) is 11.3 Å². The van der Waals surface area contributed by atoms with E-state index in [9.17, 15) is 4.79 Å². The largest absolute Gasteiger partial charge is 0.461 e. The summed E-state index contributed by atoms with van der Waals surface area (Å²) in [6.45, 7) is 1.71. The van der Waals surface area contributed by atoms with Crippen molar-refractivity contribution in [2.75, 3.05) is 25.0 Å². The van der Waals surface area contributed by atoms with Crippen LogP contribution in [0.4, 0.5) is 5.13 Å². The summed E-state index contributed by atoms with van der Waals surface area (Å²) in [5.41, 5.74) is 0.894. The van der Waals surface area contributed by atoms with Crippen molar-refractivity contribution >= 4 is 32.6 Å². The molecule has 0 saturated carbocycles. The zero-order valence-electron chi connectivity index (χ0n) is 14.2. The molecule has 0 radical (unpaired) electrons. The van der Waals surface area contributed by atoms with E-state index in [4.69, 9.17) is 8.94 Å². The standard InChI is InChI=1S/C18H15N5O3S/c24-15(20-18-19-12-4-1-2-6-14(12)27-18)10-23-8-11(9-23)17-21-16(22-26-17)13-5-3-7-25-13/h1-7,11H,8-10H2,(H,19,20,24). The predicted molar refractivity (Wildman–Crippen MR) is 99.4 cm³/mol. The van der Waals surface area contributed by atoms with Crippen molar-refractivity contribution in [3.8, 4) is 11.6 Å². The first-order chi connectivity index (χ1) is 13.2. The number of nitrogens with one attached hydrogen (secondary N) is 1. The molecule has 1 aliphatic heterocycles. The second kappa shape index (κ2) is 6.60. The van der Waals surface area contributed by atoms with E-state index in [1.807, 2.05) is 29.2 Å². The van der Waals surface area contributed by atoms with Crippen LogP contribution < -0.4 is 5.32 Å². The molecule has 0 bridgehead atoms. The number of nitrogens with zero attached hydrogens (tertiary/aromatic N) is 4. The van der Waals surface area contributed by atoms with Gasteiger partial charge >= 0.3 is 0 Å². The minimum Gasteiger partial charge on any atom is -0.461 e. The van der Waals surface area contributed by atoms with Gasteiger partial charge in [-0.05, 0) is 24.3 Å². The van der Waals surface area contributed by atoms with E-state index >= 15 is 0 Å². The van der Waals surface area contributed by atoms with Crippen LogP contribution in [0, 0.1) is 0 Å². The zero-order valence-corrected chi connectivity index (χ0v) is 15.0. The predicted octanol–water partition coefficient (Wildman–Crippen LogP) is 2.98. The van der Waals surface area contributed by atoms with Crippen LogP contribution >= 0.6 is 11.3 Å². The van der Waals surface area contributed by atoms with Gasteiger partial charge in [-0.1, -0.05) is 28.6 Å². The maximum atomic E-state index is 12.2. The first kappa shape index (κ1) is 16.2. The van der Waals surface area contributed by atoms with Crippen molar-refractivity contribution in [3.05, 3.63) is 48.6 Å². The number of carbonyl (C=O) groups excluding carboxylic acids is 1. The number of carbonyl (C=O) groups is 1. The molecule has 1 amide bonds. The van der Waals surface area contributed by atoms with Crippen molar-refractivity contribution in [3.63, 3.8) is 0 Å². The third-order valence-corrected chi connectivity index (χ3v) is 5.35. The molecule has 3 aromatic heterocycles. The molecule has 1 aromatic carbocycles. The molecule has 0 unspecified atom stereocenters. The van der Waals surface area contributed by atoms with Gasteiger partial charge in [-0.25, -0.2) is 4.98 Å². The SMILES string of the molecule is O=C(CN1CC(c2nc(-c3ccco3)no2)C1)Nc1nc2ccccc2s1. The highest BCUT2D eigenvalue weighted by atomic mass is 32.1. The molecule has 0 aliphatic carbocycles. The van der Waals surface area contributed by atoms with Crippen molar-refractivity contribution in [2.24, 2.45) is 0 Å². The van der Waals surface area contributed by atoms with E-state index in [0.29, 0.717) is 42.2 Å². The van der Waals surface area contributed by atoms with Crippen molar-refractivity contribution < 1.29 is 13.7 Å². The quantitative estimate of drug-likeness (QED) is 0.567. The number of para-hydroxylation sites is 1. The Balaban J connectivity index is 1.15. The summed E-state index contributed by atoms with van der Waals surface area (Å²) in [5.74, 6) is 1.66. The average Bonchev–Trinajstić information content (AvgIpc) is 3.36. The van der Waals surface area contributed by atoms with Gasteiger partial charge in [0.25, 0.3) is 0 Å². The fraction of sp³-hybridized carbons (Fsp3) is 0.222. The molecule has 4 heterocycles. The maximum absolute atomic E-state index is 12.2. The number of hydrogen-bond acceptors (Lipinski definition) is 8. The van der Waals surface area contributed by atoms with Gasteiger partial charge in [0.1, 0.15) is 0 Å². The summed E-state index contributed by atoms with van der Waals surface area (Å²) in [7, 11) is 0. The lowest BCUT2D eigenvalue weighted by Crippen LogP contribution is -2.48. The van der Waals surface area contributed by atoms with Crippen LogP contribution in [-0.4, -0.2) is 45.6 Å². The number of fused-ring (bicyclic) bond motifs is 1. The van der Waals surface area contributed by atoms with Crippen LogP contribution in [0.3, 0.4) is 0 Å². The van der Waals surface area contributed by atoms with Gasteiger partial charge < -0.3 is 14.3 Å². The van der Waals surface area contributed by atoms with Gasteiger partial charge in [0, 0.05) is 13.1 Å². The van der Waals surface area contributed by atoms with Crippen molar-refractivity contribution in [1.29, 1.82) is 0 Å². The van der Waals surface area contributed by atoms with Crippen LogP contribution in [0.1, 0.15) is 11.8 Å². The Bertz CT molecular complexity index is 1050. The van der Waals surface area contributed by atoms with Crippen molar-refractivity contribution in [1.82, 2.24) is 20.0 Å². The molecular weight excluding hydrogens is 366 g/mol. The summed E-state index contributed by atoms with van der Waals surface area (Å²) in [4.78, 5) is 23.1. The highest BCUT2D eigenvalue weighted by Gasteiger charge is 2.34. The van der Waals surface area contributed by atoms with Gasteiger partial charge in [-0.3, -0.25) is 9.69 Å². The van der Waals surface area contributed by atoms with Gasteiger partial charge in [0.05, 0.1) is 28.9 Å². The summed E-state index contributed by atoms with van der Waals surface area (Å²) < 4.78 is 11.6. The van der Waals surface area contributed by atoms with E-state index < -0.39 is 0 Å². The zero-order chi connectivity index (χ0) is 18.2. The van der Waals surface area contributed by atoms with Gasteiger partial charge in [-0.15, -0.1) is 0 Å². The van der Waals surface area contributed by atoms with E-state index in [0.717, 1.165) is 10.2 Å². The number of thiazole rings is 1. The normalized spacial score (nSPS) is 15.1. The lowest BCUT2D eigenvalue weighted by atomic mass is 10.0. The molecule has 1 aliphatic rings. The number of furan rings is 1. The number of amides is 1. The third-order valence-electron chi connectivity index (χ3n) is 4.40. The Hall–Kier alpha value is -3.04. The van der Waals surface area contributed by atoms with Gasteiger partial charge in [0.15, 0.2) is 10.9 Å². The summed E-state index contributed by atoms with van der Waals surface area (Å²) in [5, 5.41) is 7.43. The number of likely N-dealkylation sites (tertiary alicyclic amines) is 1. The monoisotopic (exact) mass is 381 g/mol. The average molecular weight is 381 g/mol. The molecule has 9 heteroatoms. The van der Waals surface area contributed by atoms with Gasteiger partial charge in [-0.2, -0.15) is 4.98 Å². The molecule has 0 spiro atoms. The minimum atomic E-state index is -0.0747. The first-order valence-electron chi connectivity index (χ1n) is 8.50. The maximum Gasteiger partial charge on any atom is 0.240 e. The highest BCUT2D eigenvalue weighted by Crippen LogP contribution is 2.28. The number of rotatable bonds is 5. The summed E-state index contributed by atoms with van der Waals surface area (Å²) >= 11 is 1.47. The molecule has 1 N–H and O–H groups in total. The van der Waals surface area contributed by atoms with Crippen LogP contribution in [0.25, 0.3) is 21.8 Å². The Kier molecular flexibility index (Phi) is 3.95. The van der Waals surface area contributed by atoms with Crippen LogP contribution in [0.2, 0.25) is 0 Å². The Morgan fingerprint density at radius 2 is 2.11 bits per heavy atom. The number of aromatic nitrogens is 3. The molecule has 5 rings (SSSR count). The molecule has 27 heavy (non-hydrogen) atoms. The van der Waals surface area contributed by atoms with Crippen molar-refractivity contribution in [2.45, 2.75) is 5.92 Å². The summed E-state index contributed by atoms with van der Waals surface area (Å²) in [6.07, 6.45) is 1.57. The molecule has 0 atom stereocenters. The van der Waals surface area contributed by atoms with E-state index in [-0.39, 0.29) is 11.8 Å². The third kappa shape index (κ3) is 3.22. The molecule has 1 saturated heterocycles. The lowest BCUT2D eigenvalue weighted by molar-refractivity contribution is -0.118. The lowest BCUT2D eigenvalue weighted by Gasteiger charge is -2.36. The Labute approximate surface area is 157 Å². The highest BCUT2D eigenvalue weighted by molar-refractivity contribution is 7.22. The topological polar surface area (TPSA) is 97.3 Å². The fourth-order valence-corrected chi connectivity index (χ4v) is 3.93. The molecule has 8 nitrogen and oxygen atoms in total. The second-order valence-corrected chi connectivity index (χ2v) is 7.39. The van der Waals surface area contributed by atoms with Crippen LogP contribution in [-0.2, 0) is 4.79 Å². The van der Waals surface area contributed by atoms with Crippen LogP contribution in [0.15, 0.2) is 51.6 Å². The van der Waals surface area contributed by atoms with E-state index in [1.54, 1.807) is 18.4 Å². The Morgan fingerprint density at radius 3 is 2.93 bits per heavy atom. The molecule has 1 fully saturated rings. The number of benzene rings is 1. The minimum absolute atomic E-state index is 0.0747. The van der Waals surface area contributed by atoms with E-state index in [2.05, 4.69) is 20.4 Å². The molecule has 136 valence electrons. The second-order valence-electron chi connectivity index (χ2n) is 6.36. The van der Waals surface area contributed by atoms with Crippen LogP contribution in [0.5, 0.6) is 0 Å². The van der Waals surface area contributed by atoms with Gasteiger partial charge in [0.2, 0.25) is 17.6 Å². The number of anilines is 1. The molecule has 4 aromatic rings. The fourth-order valence-electron chi connectivity index (χ4n) is 3.05. The Morgan fingerprint density at radius 1 is 1.22 bits per heavy atom. The number of hydrogen-bond donors (Lipinski definition) is 1. The molecular formula is C18H15N5O3S.